The molecule has 0 saturated heterocycles. The van der Waals surface area contributed by atoms with Gasteiger partial charge in [-0.05, 0) is 41.1 Å². The number of nitrogens with zero attached hydrogens (tertiary/aromatic N) is 1. The zero-order chi connectivity index (χ0) is 16.4. The Kier molecular flexibility index (Phi) is 4.05. The van der Waals surface area contributed by atoms with Gasteiger partial charge in [0.1, 0.15) is 0 Å². The molecule has 118 valence electrons. The number of furan rings is 1. The van der Waals surface area contributed by atoms with Crippen molar-refractivity contribution in [1.82, 2.24) is 0 Å². The highest BCUT2D eigenvalue weighted by Crippen LogP contribution is 2.33. The summed E-state index contributed by atoms with van der Waals surface area (Å²) in [5.41, 5.74) is 3.24. The van der Waals surface area contributed by atoms with E-state index in [1.54, 1.807) is 6.07 Å². The van der Waals surface area contributed by atoms with E-state index in [2.05, 4.69) is 11.1 Å². The molecule has 0 radical (unpaired) electrons. The predicted molar refractivity (Wildman–Crippen MR) is 96.3 cm³/mol. The second kappa shape index (κ2) is 6.49. The number of hydrogen-bond donors (Lipinski definition) is 0. The molecule has 1 aliphatic heterocycles. The Hall–Kier alpha value is -2.59. The summed E-state index contributed by atoms with van der Waals surface area (Å²) in [7, 11) is 0. The highest BCUT2D eigenvalue weighted by molar-refractivity contribution is 8.13. The topological polar surface area (TPSA) is 42.6 Å². The maximum Gasteiger partial charge on any atom is 0.202 e. The Labute approximate surface area is 144 Å². The molecular weight excluding hydrogens is 318 g/mol. The van der Waals surface area contributed by atoms with Crippen LogP contribution >= 0.6 is 11.8 Å². The first kappa shape index (κ1) is 15.0. The van der Waals surface area contributed by atoms with Gasteiger partial charge in [0.25, 0.3) is 0 Å². The summed E-state index contributed by atoms with van der Waals surface area (Å²) in [6.45, 7) is 0. The number of para-hydroxylation sites is 1. The van der Waals surface area contributed by atoms with Crippen LogP contribution in [-0.2, 0) is 12.8 Å². The molecule has 0 aliphatic carbocycles. The van der Waals surface area contributed by atoms with Gasteiger partial charge in [0.2, 0.25) is 5.78 Å². The molecule has 4 rings (SSSR count). The zero-order valence-electron chi connectivity index (χ0n) is 12.9. The SMILES string of the molecule is O=C(Cc1ccccc1)c1ccc(SC2=Nc3ccccc3C2)o1. The smallest absolute Gasteiger partial charge is 0.202 e. The van der Waals surface area contributed by atoms with Crippen LogP contribution in [0.25, 0.3) is 0 Å². The first-order valence-corrected chi connectivity index (χ1v) is 8.60. The molecular formula is C20H15NO2S. The second-order valence-corrected chi connectivity index (χ2v) is 6.70. The van der Waals surface area contributed by atoms with Crippen molar-refractivity contribution in [3.05, 3.63) is 83.6 Å². The minimum Gasteiger partial charge on any atom is -0.446 e. The van der Waals surface area contributed by atoms with Gasteiger partial charge < -0.3 is 4.42 Å². The van der Waals surface area contributed by atoms with Crippen molar-refractivity contribution in [1.29, 1.82) is 0 Å². The Morgan fingerprint density at radius 3 is 2.62 bits per heavy atom. The summed E-state index contributed by atoms with van der Waals surface area (Å²) < 4.78 is 5.71. The van der Waals surface area contributed by atoms with Gasteiger partial charge in [0.05, 0.1) is 10.7 Å². The maximum atomic E-state index is 12.3. The Morgan fingerprint density at radius 2 is 1.79 bits per heavy atom. The normalized spacial score (nSPS) is 12.8. The molecule has 3 nitrogen and oxygen atoms in total. The van der Waals surface area contributed by atoms with E-state index < -0.39 is 0 Å². The third-order valence-corrected chi connectivity index (χ3v) is 4.75. The lowest BCUT2D eigenvalue weighted by atomic mass is 10.1. The van der Waals surface area contributed by atoms with Crippen LogP contribution < -0.4 is 0 Å². The molecule has 4 heteroatoms. The molecule has 1 aliphatic rings. The first-order chi connectivity index (χ1) is 11.8. The van der Waals surface area contributed by atoms with Crippen LogP contribution in [0.4, 0.5) is 5.69 Å². The minimum absolute atomic E-state index is 0.00954. The van der Waals surface area contributed by atoms with E-state index >= 15 is 0 Å². The van der Waals surface area contributed by atoms with Crippen molar-refractivity contribution in [2.24, 2.45) is 4.99 Å². The third-order valence-electron chi connectivity index (χ3n) is 3.86. The molecule has 24 heavy (non-hydrogen) atoms. The Bertz CT molecular complexity index is 912. The van der Waals surface area contributed by atoms with Crippen molar-refractivity contribution in [3.8, 4) is 0 Å². The van der Waals surface area contributed by atoms with Gasteiger partial charge in [-0.1, -0.05) is 48.5 Å². The molecule has 0 atom stereocenters. The molecule has 0 unspecified atom stereocenters. The number of benzene rings is 2. The average molecular weight is 333 g/mol. The Balaban J connectivity index is 1.43. The quantitative estimate of drug-likeness (QED) is 0.625. The largest absolute Gasteiger partial charge is 0.446 e. The third kappa shape index (κ3) is 3.19. The van der Waals surface area contributed by atoms with Gasteiger partial charge in [0.15, 0.2) is 10.9 Å². The van der Waals surface area contributed by atoms with Gasteiger partial charge in [-0.25, -0.2) is 4.99 Å². The highest BCUT2D eigenvalue weighted by Gasteiger charge is 2.18. The fraction of sp³-hybridized carbons (Fsp3) is 0.100. The van der Waals surface area contributed by atoms with Gasteiger partial charge in [-0.15, -0.1) is 0 Å². The summed E-state index contributed by atoms with van der Waals surface area (Å²) in [5.74, 6) is 0.391. The lowest BCUT2D eigenvalue weighted by Gasteiger charge is -1.99. The summed E-state index contributed by atoms with van der Waals surface area (Å²) in [4.78, 5) is 16.9. The van der Waals surface area contributed by atoms with E-state index in [9.17, 15) is 4.79 Å². The molecule has 0 saturated carbocycles. The van der Waals surface area contributed by atoms with E-state index in [0.29, 0.717) is 17.3 Å². The van der Waals surface area contributed by atoms with E-state index in [1.165, 1.54) is 17.3 Å². The van der Waals surface area contributed by atoms with Crippen LogP contribution in [0.3, 0.4) is 0 Å². The monoisotopic (exact) mass is 333 g/mol. The highest BCUT2D eigenvalue weighted by atomic mass is 32.2. The number of Topliss-reactive ketones (excluding diaryl/α,β-unsaturated/α-hetero) is 1. The van der Waals surface area contributed by atoms with Gasteiger partial charge in [-0.2, -0.15) is 0 Å². The fourth-order valence-electron chi connectivity index (χ4n) is 2.67. The van der Waals surface area contributed by atoms with Gasteiger partial charge in [0, 0.05) is 12.8 Å². The molecule has 0 N–H and O–H groups in total. The molecule has 0 fully saturated rings. The molecule has 1 aromatic heterocycles. The standard InChI is InChI=1S/C20H15NO2S/c22-17(12-14-6-2-1-3-7-14)18-10-11-20(23-18)24-19-13-15-8-4-5-9-16(15)21-19/h1-11H,12-13H2. The van der Waals surface area contributed by atoms with E-state index in [-0.39, 0.29) is 5.78 Å². The van der Waals surface area contributed by atoms with Crippen LogP contribution in [0.5, 0.6) is 0 Å². The average Bonchev–Trinajstić information content (AvgIpc) is 3.22. The van der Waals surface area contributed by atoms with Crippen molar-refractivity contribution >= 4 is 28.3 Å². The summed E-state index contributed by atoms with van der Waals surface area (Å²) in [6, 6.07) is 21.4. The molecule has 0 amide bonds. The molecule has 3 aromatic rings. The number of carbonyl (C=O) groups is 1. The molecule has 2 aromatic carbocycles. The van der Waals surface area contributed by atoms with Crippen molar-refractivity contribution in [2.45, 2.75) is 17.9 Å². The number of fused-ring (bicyclic) bond motifs is 1. The second-order valence-electron chi connectivity index (χ2n) is 5.62. The van der Waals surface area contributed by atoms with Crippen molar-refractivity contribution < 1.29 is 9.21 Å². The van der Waals surface area contributed by atoms with Crippen LogP contribution in [0.2, 0.25) is 0 Å². The first-order valence-electron chi connectivity index (χ1n) is 7.78. The fourth-order valence-corrected chi connectivity index (χ4v) is 3.55. The van der Waals surface area contributed by atoms with Crippen LogP contribution in [0, 0.1) is 0 Å². The predicted octanol–water partition coefficient (Wildman–Crippen LogP) is 5.08. The number of rotatable bonds is 4. The lowest BCUT2D eigenvalue weighted by Crippen LogP contribution is -2.01. The van der Waals surface area contributed by atoms with Gasteiger partial charge in [-0.3, -0.25) is 4.79 Å². The van der Waals surface area contributed by atoms with Crippen LogP contribution in [-0.4, -0.2) is 10.8 Å². The number of aliphatic imine (C=N–C) groups is 1. The summed E-state index contributed by atoms with van der Waals surface area (Å²) >= 11 is 1.48. The van der Waals surface area contributed by atoms with E-state index in [1.807, 2.05) is 54.6 Å². The number of hydrogen-bond acceptors (Lipinski definition) is 4. The van der Waals surface area contributed by atoms with Crippen molar-refractivity contribution in [2.75, 3.05) is 0 Å². The number of thioether (sulfide) groups is 1. The van der Waals surface area contributed by atoms with E-state index in [0.717, 1.165) is 22.7 Å². The van der Waals surface area contributed by atoms with Crippen molar-refractivity contribution in [3.63, 3.8) is 0 Å². The zero-order valence-corrected chi connectivity index (χ0v) is 13.8. The number of ketones is 1. The maximum absolute atomic E-state index is 12.3. The minimum atomic E-state index is -0.00954. The summed E-state index contributed by atoms with van der Waals surface area (Å²) in [5, 5.41) is 1.70. The molecule has 0 bridgehead atoms. The van der Waals surface area contributed by atoms with Crippen LogP contribution in [0.1, 0.15) is 21.7 Å². The summed E-state index contributed by atoms with van der Waals surface area (Å²) in [6.07, 6.45) is 1.17. The lowest BCUT2D eigenvalue weighted by molar-refractivity contribution is 0.0961. The molecule has 2 heterocycles. The van der Waals surface area contributed by atoms with E-state index in [4.69, 9.17) is 4.42 Å². The van der Waals surface area contributed by atoms with Gasteiger partial charge >= 0.3 is 0 Å². The number of carbonyl (C=O) groups excluding carboxylic acids is 1. The Morgan fingerprint density at radius 1 is 1.00 bits per heavy atom. The molecule has 0 spiro atoms. The van der Waals surface area contributed by atoms with Crippen LogP contribution in [0.15, 0.2) is 81.2 Å².